The number of sulfonamides is 1. The van der Waals surface area contributed by atoms with Crippen molar-refractivity contribution in [3.63, 3.8) is 0 Å². The molecule has 1 fully saturated rings. The zero-order valence-electron chi connectivity index (χ0n) is 12.8. The molecule has 1 saturated carbocycles. The maximum atomic E-state index is 12.3. The van der Waals surface area contributed by atoms with Gasteiger partial charge in [-0.05, 0) is 25.0 Å². The maximum Gasteiger partial charge on any atom is 0.242 e. The second-order valence-corrected chi connectivity index (χ2v) is 7.90. The Balaban J connectivity index is 2.22. The van der Waals surface area contributed by atoms with Crippen LogP contribution in [0, 0.1) is 5.41 Å². The third-order valence-corrected chi connectivity index (χ3v) is 5.78. The van der Waals surface area contributed by atoms with Gasteiger partial charge in [0.25, 0.3) is 0 Å². The number of rotatable bonds is 6. The van der Waals surface area contributed by atoms with E-state index in [4.69, 9.17) is 0 Å². The summed E-state index contributed by atoms with van der Waals surface area (Å²) in [4.78, 5) is 0.260. The Labute approximate surface area is 126 Å². The van der Waals surface area contributed by atoms with Gasteiger partial charge in [0.1, 0.15) is 4.90 Å². The SMILES string of the molecule is CCCNS(=O)(=O)c1ccccc1NC1CC(O)C1(C)C. The Bertz CT molecular complexity index is 599. The van der Waals surface area contributed by atoms with Gasteiger partial charge in [0.2, 0.25) is 10.0 Å². The van der Waals surface area contributed by atoms with Gasteiger partial charge in [-0.25, -0.2) is 13.1 Å². The van der Waals surface area contributed by atoms with Gasteiger partial charge < -0.3 is 10.4 Å². The lowest BCUT2D eigenvalue weighted by atomic mass is 9.64. The summed E-state index contributed by atoms with van der Waals surface area (Å²) >= 11 is 0. The summed E-state index contributed by atoms with van der Waals surface area (Å²) in [6, 6.07) is 6.95. The lowest BCUT2D eigenvalue weighted by Crippen LogP contribution is -2.57. The number of para-hydroxylation sites is 1. The maximum absolute atomic E-state index is 12.3. The molecular weight excluding hydrogens is 288 g/mol. The number of anilines is 1. The fourth-order valence-electron chi connectivity index (χ4n) is 2.47. The summed E-state index contributed by atoms with van der Waals surface area (Å²) in [5.74, 6) is 0. The first kappa shape index (κ1) is 16.3. The number of hydrogen-bond acceptors (Lipinski definition) is 4. The highest BCUT2D eigenvalue weighted by molar-refractivity contribution is 7.89. The summed E-state index contributed by atoms with van der Waals surface area (Å²) in [5.41, 5.74) is 0.333. The van der Waals surface area contributed by atoms with Crippen molar-refractivity contribution in [1.29, 1.82) is 0 Å². The number of aliphatic hydroxyl groups is 1. The first-order chi connectivity index (χ1) is 9.79. The molecule has 0 heterocycles. The van der Waals surface area contributed by atoms with Crippen LogP contribution in [-0.4, -0.2) is 32.2 Å². The molecule has 0 bridgehead atoms. The summed E-state index contributed by atoms with van der Waals surface area (Å²) in [7, 11) is -3.51. The predicted octanol–water partition coefficient (Wildman–Crippen LogP) is 1.95. The minimum absolute atomic E-state index is 0.0648. The molecule has 0 saturated heterocycles. The highest BCUT2D eigenvalue weighted by atomic mass is 32.2. The van der Waals surface area contributed by atoms with Crippen molar-refractivity contribution in [2.75, 3.05) is 11.9 Å². The Morgan fingerprint density at radius 3 is 2.57 bits per heavy atom. The third kappa shape index (κ3) is 3.22. The minimum atomic E-state index is -3.51. The second kappa shape index (κ2) is 5.94. The molecule has 1 aliphatic carbocycles. The smallest absolute Gasteiger partial charge is 0.242 e. The van der Waals surface area contributed by atoms with Gasteiger partial charge in [-0.2, -0.15) is 0 Å². The van der Waals surface area contributed by atoms with Crippen LogP contribution in [0.3, 0.4) is 0 Å². The highest BCUT2D eigenvalue weighted by Gasteiger charge is 2.47. The van der Waals surface area contributed by atoms with Gasteiger partial charge in [-0.3, -0.25) is 0 Å². The number of benzene rings is 1. The average Bonchev–Trinajstić information content (AvgIpc) is 2.45. The summed E-state index contributed by atoms with van der Waals surface area (Å²) in [6.07, 6.45) is 1.03. The van der Waals surface area contributed by atoms with Gasteiger partial charge in [0.15, 0.2) is 0 Å². The monoisotopic (exact) mass is 312 g/mol. The quantitative estimate of drug-likeness (QED) is 0.750. The zero-order chi connectivity index (χ0) is 15.7. The molecule has 0 radical (unpaired) electrons. The predicted molar refractivity (Wildman–Crippen MR) is 83.7 cm³/mol. The van der Waals surface area contributed by atoms with E-state index in [1.807, 2.05) is 26.8 Å². The highest BCUT2D eigenvalue weighted by Crippen LogP contribution is 2.42. The third-order valence-electron chi connectivity index (χ3n) is 4.26. The molecule has 118 valence electrons. The van der Waals surface area contributed by atoms with Crippen molar-refractivity contribution < 1.29 is 13.5 Å². The Kier molecular flexibility index (Phi) is 4.60. The number of hydrogen-bond donors (Lipinski definition) is 3. The summed E-state index contributed by atoms with van der Waals surface area (Å²) in [6.45, 7) is 6.30. The molecule has 1 aliphatic rings. The van der Waals surface area contributed by atoms with E-state index in [-0.39, 0.29) is 22.5 Å². The summed E-state index contributed by atoms with van der Waals surface area (Å²) in [5, 5.41) is 13.1. The molecule has 6 heteroatoms. The molecule has 0 amide bonds. The molecule has 2 unspecified atom stereocenters. The largest absolute Gasteiger partial charge is 0.392 e. The summed E-state index contributed by atoms with van der Waals surface area (Å²) < 4.78 is 27.2. The van der Waals surface area contributed by atoms with E-state index in [9.17, 15) is 13.5 Å². The molecule has 1 aromatic carbocycles. The van der Waals surface area contributed by atoms with Gasteiger partial charge in [-0.1, -0.05) is 32.9 Å². The zero-order valence-corrected chi connectivity index (χ0v) is 13.6. The number of aliphatic hydroxyl groups excluding tert-OH is 1. The first-order valence-corrected chi connectivity index (χ1v) is 8.80. The van der Waals surface area contributed by atoms with Crippen LogP contribution >= 0.6 is 0 Å². The van der Waals surface area contributed by atoms with Crippen molar-refractivity contribution in [1.82, 2.24) is 4.72 Å². The lowest BCUT2D eigenvalue weighted by Gasteiger charge is -2.50. The van der Waals surface area contributed by atoms with E-state index in [1.165, 1.54) is 0 Å². The molecule has 2 atom stereocenters. The molecule has 0 aliphatic heterocycles. The lowest BCUT2D eigenvalue weighted by molar-refractivity contribution is -0.0511. The van der Waals surface area contributed by atoms with E-state index in [0.717, 1.165) is 6.42 Å². The fourth-order valence-corrected chi connectivity index (χ4v) is 3.77. The first-order valence-electron chi connectivity index (χ1n) is 7.32. The average molecular weight is 312 g/mol. The molecule has 3 N–H and O–H groups in total. The van der Waals surface area contributed by atoms with Crippen molar-refractivity contribution in [2.45, 2.75) is 50.7 Å². The molecule has 2 rings (SSSR count). The molecule has 0 spiro atoms. The molecule has 1 aromatic rings. The van der Waals surface area contributed by atoms with Crippen LogP contribution in [0.2, 0.25) is 0 Å². The number of nitrogens with one attached hydrogen (secondary N) is 2. The Hall–Kier alpha value is -1.11. The molecule has 5 nitrogen and oxygen atoms in total. The van der Waals surface area contributed by atoms with Crippen molar-refractivity contribution in [2.24, 2.45) is 5.41 Å². The van der Waals surface area contributed by atoms with Crippen LogP contribution in [0.4, 0.5) is 5.69 Å². The van der Waals surface area contributed by atoms with E-state index >= 15 is 0 Å². The minimum Gasteiger partial charge on any atom is -0.392 e. The van der Waals surface area contributed by atoms with Crippen LogP contribution < -0.4 is 10.0 Å². The van der Waals surface area contributed by atoms with E-state index in [2.05, 4.69) is 10.0 Å². The Morgan fingerprint density at radius 2 is 2.00 bits per heavy atom. The van der Waals surface area contributed by atoms with E-state index < -0.39 is 10.0 Å². The van der Waals surface area contributed by atoms with E-state index in [0.29, 0.717) is 18.7 Å². The van der Waals surface area contributed by atoms with Crippen LogP contribution in [0.15, 0.2) is 29.2 Å². The van der Waals surface area contributed by atoms with Crippen LogP contribution in [0.5, 0.6) is 0 Å². The topological polar surface area (TPSA) is 78.4 Å². The molecule has 21 heavy (non-hydrogen) atoms. The van der Waals surface area contributed by atoms with Crippen molar-refractivity contribution >= 4 is 15.7 Å². The van der Waals surface area contributed by atoms with Gasteiger partial charge >= 0.3 is 0 Å². The standard InChI is InChI=1S/C15H24N2O3S/c1-4-9-16-21(19,20)12-8-6-5-7-11(12)17-13-10-14(18)15(13,2)3/h5-8,13-14,16-18H,4,9-10H2,1-3H3. The normalized spacial score (nSPS) is 24.4. The van der Waals surface area contributed by atoms with E-state index in [1.54, 1.807) is 18.2 Å². The Morgan fingerprint density at radius 1 is 1.33 bits per heavy atom. The molecule has 0 aromatic heterocycles. The fraction of sp³-hybridized carbons (Fsp3) is 0.600. The van der Waals surface area contributed by atoms with Crippen LogP contribution in [0.1, 0.15) is 33.6 Å². The van der Waals surface area contributed by atoms with Crippen LogP contribution in [0.25, 0.3) is 0 Å². The van der Waals surface area contributed by atoms with Gasteiger partial charge in [-0.15, -0.1) is 0 Å². The second-order valence-electron chi connectivity index (χ2n) is 6.16. The van der Waals surface area contributed by atoms with Gasteiger partial charge in [0, 0.05) is 18.0 Å². The van der Waals surface area contributed by atoms with Crippen LogP contribution in [-0.2, 0) is 10.0 Å². The molecular formula is C15H24N2O3S. The van der Waals surface area contributed by atoms with Gasteiger partial charge in [0.05, 0.1) is 11.8 Å². The van der Waals surface area contributed by atoms with Crippen molar-refractivity contribution in [3.05, 3.63) is 24.3 Å². The van der Waals surface area contributed by atoms with Crippen molar-refractivity contribution in [3.8, 4) is 0 Å².